The lowest BCUT2D eigenvalue weighted by atomic mass is 9.87. The zero-order chi connectivity index (χ0) is 20.6. The van der Waals surface area contributed by atoms with Crippen LogP contribution in [0, 0.1) is 11.3 Å². The monoisotopic (exact) mass is 407 g/mol. The number of nitrogens with zero attached hydrogens (tertiary/aromatic N) is 1. The number of hydrogen-bond donors (Lipinski definition) is 2. The number of ether oxygens (including phenoxy) is 1. The molecule has 1 aliphatic rings. The second kappa shape index (κ2) is 9.80. The summed E-state index contributed by atoms with van der Waals surface area (Å²) < 4.78 is 5.45. The van der Waals surface area contributed by atoms with E-state index in [2.05, 4.69) is 16.7 Å². The lowest BCUT2D eigenvalue weighted by molar-refractivity contribution is -0.121. The molecule has 1 atom stereocenters. The average Bonchev–Trinajstić information content (AvgIpc) is 2.73. The van der Waals surface area contributed by atoms with E-state index in [1.54, 1.807) is 12.1 Å². The molecular weight excluding hydrogens is 386 g/mol. The van der Waals surface area contributed by atoms with Crippen LogP contribution >= 0.6 is 11.8 Å². The van der Waals surface area contributed by atoms with Gasteiger partial charge in [-0.3, -0.25) is 9.59 Å². The minimum absolute atomic E-state index is 0.0890. The summed E-state index contributed by atoms with van der Waals surface area (Å²) >= 11 is 1.16. The Bertz CT molecular complexity index is 950. The van der Waals surface area contributed by atoms with Crippen LogP contribution in [0.15, 0.2) is 65.2 Å². The van der Waals surface area contributed by atoms with Gasteiger partial charge >= 0.3 is 0 Å². The van der Waals surface area contributed by atoms with E-state index in [0.29, 0.717) is 22.9 Å². The lowest BCUT2D eigenvalue weighted by Crippen LogP contribution is -2.31. The molecule has 0 aromatic heterocycles. The Morgan fingerprint density at radius 3 is 2.62 bits per heavy atom. The summed E-state index contributed by atoms with van der Waals surface area (Å²) in [5.41, 5.74) is 2.03. The maximum atomic E-state index is 12.2. The van der Waals surface area contributed by atoms with Gasteiger partial charge in [0.2, 0.25) is 11.8 Å². The van der Waals surface area contributed by atoms with Gasteiger partial charge < -0.3 is 15.4 Å². The Hall–Kier alpha value is -3.24. The Morgan fingerprint density at radius 2 is 1.97 bits per heavy atom. The first-order chi connectivity index (χ1) is 14.1. The number of rotatable bonds is 7. The molecule has 0 unspecified atom stereocenters. The van der Waals surface area contributed by atoms with Crippen LogP contribution in [0.2, 0.25) is 0 Å². The number of amides is 2. The number of benzene rings is 2. The molecule has 0 bridgehead atoms. The SMILES string of the molecule is CCOc1ccc([C@H]2CC(=O)NC(SCC(=O)Nc3ccccc3)=C2C#N)cc1. The normalized spacial score (nSPS) is 16.0. The maximum absolute atomic E-state index is 12.2. The molecule has 29 heavy (non-hydrogen) atoms. The highest BCUT2D eigenvalue weighted by Crippen LogP contribution is 2.36. The zero-order valence-electron chi connectivity index (χ0n) is 16.0. The minimum atomic E-state index is -0.343. The molecule has 0 aliphatic carbocycles. The third-order valence-electron chi connectivity index (χ3n) is 4.35. The summed E-state index contributed by atoms with van der Waals surface area (Å²) in [6.45, 7) is 2.48. The number of nitriles is 1. The van der Waals surface area contributed by atoms with Crippen LogP contribution < -0.4 is 15.4 Å². The Morgan fingerprint density at radius 1 is 1.24 bits per heavy atom. The van der Waals surface area contributed by atoms with E-state index in [9.17, 15) is 14.9 Å². The van der Waals surface area contributed by atoms with Crippen molar-refractivity contribution in [2.75, 3.05) is 17.7 Å². The van der Waals surface area contributed by atoms with Crippen LogP contribution in [0.1, 0.15) is 24.8 Å². The molecule has 3 rings (SSSR count). The van der Waals surface area contributed by atoms with Crippen LogP contribution in [0.4, 0.5) is 5.69 Å². The molecule has 0 saturated carbocycles. The van der Waals surface area contributed by atoms with Crippen molar-refractivity contribution in [1.29, 1.82) is 5.26 Å². The second-order valence-corrected chi connectivity index (χ2v) is 7.35. The number of carbonyl (C=O) groups is 2. The number of hydrogen-bond acceptors (Lipinski definition) is 5. The second-order valence-electron chi connectivity index (χ2n) is 6.36. The average molecular weight is 407 g/mol. The van der Waals surface area contributed by atoms with Gasteiger partial charge in [-0.1, -0.05) is 42.1 Å². The Kier molecular flexibility index (Phi) is 6.93. The quantitative estimate of drug-likeness (QED) is 0.729. The lowest BCUT2D eigenvalue weighted by Gasteiger charge is -2.25. The number of nitrogens with one attached hydrogen (secondary N) is 2. The first-order valence-corrected chi connectivity index (χ1v) is 10.2. The molecule has 148 valence electrons. The van der Waals surface area contributed by atoms with Crippen molar-refractivity contribution in [3.8, 4) is 11.8 Å². The van der Waals surface area contributed by atoms with Crippen LogP contribution in [-0.4, -0.2) is 24.2 Å². The van der Waals surface area contributed by atoms with Crippen molar-refractivity contribution in [2.45, 2.75) is 19.3 Å². The van der Waals surface area contributed by atoms with Crippen molar-refractivity contribution in [1.82, 2.24) is 5.32 Å². The van der Waals surface area contributed by atoms with Gasteiger partial charge in [-0.05, 0) is 36.8 Å². The fourth-order valence-corrected chi connectivity index (χ4v) is 3.91. The number of thioether (sulfide) groups is 1. The molecule has 1 heterocycles. The Balaban J connectivity index is 1.74. The number of carbonyl (C=O) groups excluding carboxylic acids is 2. The largest absolute Gasteiger partial charge is 0.494 e. The van der Waals surface area contributed by atoms with Crippen molar-refractivity contribution >= 4 is 29.3 Å². The highest BCUT2D eigenvalue weighted by molar-refractivity contribution is 8.03. The summed E-state index contributed by atoms with van der Waals surface area (Å²) in [7, 11) is 0. The predicted octanol–water partition coefficient (Wildman–Crippen LogP) is 3.80. The summed E-state index contributed by atoms with van der Waals surface area (Å²) in [4.78, 5) is 24.4. The maximum Gasteiger partial charge on any atom is 0.234 e. The smallest absolute Gasteiger partial charge is 0.234 e. The van der Waals surface area contributed by atoms with Gasteiger partial charge in [0.15, 0.2) is 0 Å². The highest BCUT2D eigenvalue weighted by Gasteiger charge is 2.29. The van der Waals surface area contributed by atoms with Crippen LogP contribution in [0.5, 0.6) is 5.75 Å². The molecule has 0 radical (unpaired) electrons. The fourth-order valence-electron chi connectivity index (χ4n) is 3.04. The van der Waals surface area contributed by atoms with E-state index >= 15 is 0 Å². The van der Waals surface area contributed by atoms with Crippen LogP contribution in [-0.2, 0) is 9.59 Å². The van der Waals surface area contributed by atoms with Gasteiger partial charge in [-0.15, -0.1) is 0 Å². The van der Waals surface area contributed by atoms with E-state index in [1.165, 1.54) is 0 Å². The number of allylic oxidation sites excluding steroid dienone is 1. The van der Waals surface area contributed by atoms with Gasteiger partial charge in [0.1, 0.15) is 5.75 Å². The fraction of sp³-hybridized carbons (Fsp3) is 0.227. The van der Waals surface area contributed by atoms with Crippen molar-refractivity contribution in [2.24, 2.45) is 0 Å². The van der Waals surface area contributed by atoms with Crippen molar-refractivity contribution < 1.29 is 14.3 Å². The number of para-hydroxylation sites is 1. The van der Waals surface area contributed by atoms with Gasteiger partial charge in [-0.2, -0.15) is 5.26 Å². The molecule has 2 amide bonds. The summed E-state index contributed by atoms with van der Waals surface area (Å²) in [5.74, 6) is 0.110. The number of anilines is 1. The molecule has 1 aliphatic heterocycles. The van der Waals surface area contributed by atoms with Crippen molar-refractivity contribution in [3.63, 3.8) is 0 Å². The third kappa shape index (κ3) is 5.39. The predicted molar refractivity (Wildman–Crippen MR) is 113 cm³/mol. The zero-order valence-corrected chi connectivity index (χ0v) is 16.8. The van der Waals surface area contributed by atoms with Gasteiger partial charge in [0.05, 0.1) is 29.0 Å². The molecule has 0 spiro atoms. The minimum Gasteiger partial charge on any atom is -0.494 e. The first kappa shape index (κ1) is 20.5. The third-order valence-corrected chi connectivity index (χ3v) is 5.37. The van der Waals surface area contributed by atoms with Crippen molar-refractivity contribution in [3.05, 3.63) is 70.8 Å². The van der Waals surface area contributed by atoms with Gasteiger partial charge in [0.25, 0.3) is 0 Å². The topological polar surface area (TPSA) is 91.2 Å². The standard InChI is InChI=1S/C22H21N3O3S/c1-2-28-17-10-8-15(9-11-17)18-12-20(26)25-22(19(18)13-23)29-14-21(27)24-16-6-4-3-5-7-16/h3-11,18H,2,12,14H2,1H3,(H,24,27)(H,25,26)/t18-/m1/s1. The molecule has 7 heteroatoms. The van der Waals surface area contributed by atoms with Crippen LogP contribution in [0.3, 0.4) is 0 Å². The van der Waals surface area contributed by atoms with E-state index in [-0.39, 0.29) is 29.9 Å². The van der Waals surface area contributed by atoms with E-state index in [0.717, 1.165) is 23.1 Å². The Labute approximate surface area is 173 Å². The highest BCUT2D eigenvalue weighted by atomic mass is 32.2. The molecular formula is C22H21N3O3S. The van der Waals surface area contributed by atoms with E-state index in [4.69, 9.17) is 4.74 Å². The molecule has 6 nitrogen and oxygen atoms in total. The summed E-state index contributed by atoms with van der Waals surface area (Å²) in [6, 6.07) is 18.8. The molecule has 2 N–H and O–H groups in total. The van der Waals surface area contributed by atoms with E-state index in [1.807, 2.05) is 49.4 Å². The molecule has 0 saturated heterocycles. The van der Waals surface area contributed by atoms with Crippen LogP contribution in [0.25, 0.3) is 0 Å². The molecule has 0 fully saturated rings. The molecule has 2 aromatic rings. The van der Waals surface area contributed by atoms with Gasteiger partial charge in [0, 0.05) is 18.0 Å². The van der Waals surface area contributed by atoms with E-state index < -0.39 is 0 Å². The van der Waals surface area contributed by atoms with Gasteiger partial charge in [-0.25, -0.2) is 0 Å². The summed E-state index contributed by atoms with van der Waals surface area (Å²) in [6.07, 6.45) is 0.192. The molecule has 2 aromatic carbocycles. The first-order valence-electron chi connectivity index (χ1n) is 9.25. The summed E-state index contributed by atoms with van der Waals surface area (Å²) in [5, 5.41) is 15.7.